The van der Waals surface area contributed by atoms with Gasteiger partial charge >= 0.3 is 25.8 Å². The number of halogens is 2. The molecular weight excluding hydrogens is 533 g/mol. The van der Waals surface area contributed by atoms with Crippen molar-refractivity contribution in [2.75, 3.05) is 13.3 Å². The minimum absolute atomic E-state index is 0. The van der Waals surface area contributed by atoms with E-state index < -0.39 is 0 Å². The summed E-state index contributed by atoms with van der Waals surface area (Å²) in [5.41, 5.74) is 2.98. The second kappa shape index (κ2) is 14.2. The molecule has 25 heavy (non-hydrogen) atoms. The van der Waals surface area contributed by atoms with E-state index in [0.717, 1.165) is 0 Å². The fourth-order valence-corrected chi connectivity index (χ4v) is 3.38. The largest absolute Gasteiger partial charge is 4.00 e. The van der Waals surface area contributed by atoms with E-state index in [0.29, 0.717) is 0 Å². The van der Waals surface area contributed by atoms with E-state index in [1.807, 2.05) is 0 Å². The molecule has 0 unspecified atom stereocenters. The van der Waals surface area contributed by atoms with Crippen LogP contribution in [0.25, 0.3) is 10.8 Å². The van der Waals surface area contributed by atoms with Crippen molar-refractivity contribution in [3.63, 3.8) is 0 Å². The molecule has 0 radical (unpaired) electrons. The van der Waals surface area contributed by atoms with E-state index in [4.69, 9.17) is 0 Å². The Morgan fingerprint density at radius 2 is 1.72 bits per heavy atom. The molecule has 0 spiro atoms. The van der Waals surface area contributed by atoms with Gasteiger partial charge in [0.15, 0.2) is 0 Å². The van der Waals surface area contributed by atoms with Gasteiger partial charge in [0.2, 0.25) is 0 Å². The summed E-state index contributed by atoms with van der Waals surface area (Å²) in [6, 6.07) is 19.7. The number of hydrogen-bond acceptors (Lipinski definition) is 0. The van der Waals surface area contributed by atoms with Crippen molar-refractivity contribution in [1.29, 1.82) is 0 Å². The number of hydrogen-bond donors (Lipinski definition) is 0. The molecule has 0 aliphatic heterocycles. The first-order valence-electron chi connectivity index (χ1n) is 8.15. The monoisotopic (exact) mass is 560 g/mol. The molecule has 134 valence electrons. The van der Waals surface area contributed by atoms with Gasteiger partial charge in [-0.2, -0.15) is 23.3 Å². The Kier molecular flexibility index (Phi) is 15.5. The van der Waals surface area contributed by atoms with Crippen LogP contribution in [0.15, 0.2) is 54.6 Å². The third-order valence-electron chi connectivity index (χ3n) is 4.07. The van der Waals surface area contributed by atoms with Crippen molar-refractivity contribution in [3.8, 4) is 0 Å². The third kappa shape index (κ3) is 8.53. The number of fused-ring (bicyclic) bond motifs is 1. The summed E-state index contributed by atoms with van der Waals surface area (Å²) >= 11 is 0. The van der Waals surface area contributed by atoms with Crippen molar-refractivity contribution in [1.82, 2.24) is 0 Å². The molecule has 0 aliphatic carbocycles. The van der Waals surface area contributed by atoms with Crippen molar-refractivity contribution in [3.05, 3.63) is 65.7 Å². The molecule has 4 heteroatoms. The average Bonchev–Trinajstić information content (AvgIpc) is 3.11. The Bertz CT molecular complexity index is 668. The van der Waals surface area contributed by atoms with Gasteiger partial charge in [0, 0.05) is 0 Å². The molecule has 0 saturated carbocycles. The molecule has 0 nitrogen and oxygen atoms in total. The van der Waals surface area contributed by atoms with Gasteiger partial charge in [0.1, 0.15) is 0 Å². The molecule has 0 bridgehead atoms. The van der Waals surface area contributed by atoms with Crippen LogP contribution in [0.2, 0.25) is 0 Å². The molecule has 0 N–H and O–H groups in total. The Balaban J connectivity index is 0. The number of unbranched alkanes of at least 4 members (excludes halogenated alkanes) is 1. The topological polar surface area (TPSA) is 0 Å². The molecule has 3 aromatic carbocycles. The molecule has 0 aliphatic rings. The first kappa shape index (κ1) is 27.3. The molecule has 0 amide bonds. The minimum atomic E-state index is 0. The minimum Gasteiger partial charge on any atom is -1.00 e. The summed E-state index contributed by atoms with van der Waals surface area (Å²) in [6.07, 6.45) is 3.88. The summed E-state index contributed by atoms with van der Waals surface area (Å²) in [4.78, 5) is 0. The maximum absolute atomic E-state index is 2.31. The standard InChI is InChI=1S/C11H12P.C10H15.2ClH.Hf/c1-12(2)11-7-9-5-3-4-6-10(9)8-11;1-3-4-7-10-8-5-6-9(10)2;;;/h3-8H,1-2H3;5-6,8H,3-4,7H2,1-2H3;2*1H;/q2*-1;;;+4/p-2. The third-order valence-corrected chi connectivity index (χ3v) is 5.36. The van der Waals surface area contributed by atoms with Gasteiger partial charge in [0.25, 0.3) is 0 Å². The van der Waals surface area contributed by atoms with Crippen molar-refractivity contribution < 1.29 is 50.7 Å². The van der Waals surface area contributed by atoms with Crippen LogP contribution in [0.5, 0.6) is 0 Å². The van der Waals surface area contributed by atoms with Gasteiger partial charge < -0.3 is 24.8 Å². The van der Waals surface area contributed by atoms with Crippen molar-refractivity contribution in [2.24, 2.45) is 0 Å². The van der Waals surface area contributed by atoms with Crippen LogP contribution in [0.1, 0.15) is 30.9 Å². The summed E-state index contributed by atoms with van der Waals surface area (Å²) in [5, 5.41) is 4.26. The Morgan fingerprint density at radius 1 is 1.04 bits per heavy atom. The van der Waals surface area contributed by atoms with E-state index in [1.54, 1.807) is 0 Å². The summed E-state index contributed by atoms with van der Waals surface area (Å²) in [7, 11) is 0.0576. The zero-order valence-corrected chi connectivity index (χ0v) is 21.5. The van der Waals surface area contributed by atoms with E-state index in [1.165, 1.54) is 46.5 Å². The van der Waals surface area contributed by atoms with E-state index in [9.17, 15) is 0 Å². The number of rotatable bonds is 4. The van der Waals surface area contributed by atoms with Gasteiger partial charge in [-0.25, -0.2) is 12.1 Å². The molecular formula is C21H27Cl2HfP. The van der Waals surface area contributed by atoms with Crippen LogP contribution in [-0.2, 0) is 32.3 Å². The molecule has 3 rings (SSSR count). The Hall–Kier alpha value is 0.0601. The van der Waals surface area contributed by atoms with Crippen molar-refractivity contribution >= 4 is 24.0 Å². The zero-order chi connectivity index (χ0) is 15.9. The molecule has 0 atom stereocenters. The molecule has 0 fully saturated rings. The predicted octanol–water partition coefficient (Wildman–Crippen LogP) is -0.0125. The average molecular weight is 560 g/mol. The van der Waals surface area contributed by atoms with Gasteiger partial charge in [0.05, 0.1) is 0 Å². The quantitative estimate of drug-likeness (QED) is 0.240. The van der Waals surface area contributed by atoms with Crippen LogP contribution < -0.4 is 30.1 Å². The smallest absolute Gasteiger partial charge is 1.00 e. The summed E-state index contributed by atoms with van der Waals surface area (Å²) in [5.74, 6) is 0. The summed E-state index contributed by atoms with van der Waals surface area (Å²) in [6.45, 7) is 9.01. The van der Waals surface area contributed by atoms with Crippen molar-refractivity contribution in [2.45, 2.75) is 33.1 Å². The SMILES string of the molecule is CCCC[c-]1cccc1C.CP(C)c1cc2ccccc2[cH-]1.[Cl-].[Cl-].[Hf+4]. The second-order valence-corrected chi connectivity index (χ2v) is 8.38. The van der Waals surface area contributed by atoms with Crippen LogP contribution in [0.4, 0.5) is 0 Å². The predicted molar refractivity (Wildman–Crippen MR) is 103 cm³/mol. The number of benzene rings is 1. The maximum Gasteiger partial charge on any atom is 4.00 e. The van der Waals surface area contributed by atoms with E-state index >= 15 is 0 Å². The Morgan fingerprint density at radius 3 is 2.24 bits per heavy atom. The van der Waals surface area contributed by atoms with Gasteiger partial charge in [-0.1, -0.05) is 39.2 Å². The van der Waals surface area contributed by atoms with E-state index in [2.05, 4.69) is 81.8 Å². The number of aryl methyl sites for hydroxylation is 2. The maximum atomic E-state index is 2.31. The fraction of sp³-hybridized carbons (Fsp3) is 0.333. The molecule has 0 heterocycles. The molecule has 3 aromatic rings. The first-order chi connectivity index (χ1) is 10.6. The van der Waals surface area contributed by atoms with E-state index in [-0.39, 0.29) is 58.6 Å². The first-order valence-corrected chi connectivity index (χ1v) is 10.4. The second-order valence-electron chi connectivity index (χ2n) is 6.07. The van der Waals surface area contributed by atoms with Gasteiger partial charge in [-0.15, -0.1) is 48.3 Å². The summed E-state index contributed by atoms with van der Waals surface area (Å²) < 4.78 is 0. The van der Waals surface area contributed by atoms with Crippen LogP contribution in [0.3, 0.4) is 0 Å². The Labute approximate surface area is 185 Å². The molecule has 0 aromatic heterocycles. The van der Waals surface area contributed by atoms with Gasteiger partial charge in [-0.3, -0.25) is 0 Å². The van der Waals surface area contributed by atoms with Crippen LogP contribution in [-0.4, -0.2) is 13.3 Å². The zero-order valence-electron chi connectivity index (χ0n) is 15.5. The van der Waals surface area contributed by atoms with Gasteiger partial charge in [-0.05, 0) is 13.3 Å². The fourth-order valence-electron chi connectivity index (χ4n) is 2.59. The van der Waals surface area contributed by atoms with Crippen LogP contribution >= 0.6 is 7.92 Å². The molecule has 0 saturated heterocycles. The van der Waals surface area contributed by atoms with Crippen LogP contribution in [0, 0.1) is 6.92 Å². The normalized spacial score (nSPS) is 9.48.